The maximum absolute atomic E-state index is 11.0. The Morgan fingerprint density at radius 1 is 1.19 bits per heavy atom. The first-order valence-corrected chi connectivity index (χ1v) is 6.59. The highest BCUT2D eigenvalue weighted by Crippen LogP contribution is 2.32. The van der Waals surface area contributed by atoms with E-state index in [0.717, 1.165) is 22.3 Å². The fourth-order valence-electron chi connectivity index (χ4n) is 2.39. The van der Waals surface area contributed by atoms with Gasteiger partial charge in [-0.15, -0.1) is 0 Å². The second-order valence-electron chi connectivity index (χ2n) is 4.95. The third kappa shape index (κ3) is 2.87. The number of hydrogen-bond acceptors (Lipinski definition) is 4. The molecule has 5 heteroatoms. The highest BCUT2D eigenvalue weighted by molar-refractivity contribution is 5.50. The Labute approximate surface area is 123 Å². The van der Waals surface area contributed by atoms with Gasteiger partial charge in [0.15, 0.2) is 0 Å². The molecule has 0 amide bonds. The standard InChI is InChI=1S/C16H18N2O3/c1-10-8-12(18(19)20)9-14(11(10)2)16(17)13-6-4-5-7-15(13)21-3/h4-9,16H,17H2,1-3H3. The topological polar surface area (TPSA) is 78.4 Å². The van der Waals surface area contributed by atoms with E-state index in [2.05, 4.69) is 0 Å². The van der Waals surface area contributed by atoms with Crippen LogP contribution < -0.4 is 10.5 Å². The third-order valence-corrected chi connectivity index (χ3v) is 3.71. The van der Waals surface area contributed by atoms with E-state index in [1.54, 1.807) is 19.2 Å². The van der Waals surface area contributed by atoms with Crippen molar-refractivity contribution in [3.8, 4) is 5.75 Å². The lowest BCUT2D eigenvalue weighted by Crippen LogP contribution is -2.15. The normalized spacial score (nSPS) is 12.0. The van der Waals surface area contributed by atoms with Crippen LogP contribution in [-0.4, -0.2) is 12.0 Å². The summed E-state index contributed by atoms with van der Waals surface area (Å²) in [6.07, 6.45) is 0. The van der Waals surface area contributed by atoms with Crippen molar-refractivity contribution in [3.05, 3.63) is 68.8 Å². The zero-order chi connectivity index (χ0) is 15.6. The Kier molecular flexibility index (Phi) is 4.23. The molecule has 1 atom stereocenters. The Bertz CT molecular complexity index is 683. The average Bonchev–Trinajstić information content (AvgIpc) is 2.48. The number of nitro groups is 1. The van der Waals surface area contributed by atoms with Gasteiger partial charge in [-0.3, -0.25) is 10.1 Å². The Balaban J connectivity index is 2.57. The van der Waals surface area contributed by atoms with Crippen molar-refractivity contribution in [1.29, 1.82) is 0 Å². The predicted molar refractivity (Wildman–Crippen MR) is 81.6 cm³/mol. The molecule has 5 nitrogen and oxygen atoms in total. The molecule has 0 spiro atoms. The smallest absolute Gasteiger partial charge is 0.270 e. The van der Waals surface area contributed by atoms with Crippen LogP contribution in [0, 0.1) is 24.0 Å². The molecule has 0 aliphatic rings. The number of aryl methyl sites for hydroxylation is 1. The molecule has 2 rings (SSSR count). The van der Waals surface area contributed by atoms with E-state index in [1.165, 1.54) is 0 Å². The van der Waals surface area contributed by atoms with Crippen molar-refractivity contribution in [2.75, 3.05) is 7.11 Å². The van der Waals surface area contributed by atoms with Crippen molar-refractivity contribution in [1.82, 2.24) is 0 Å². The second kappa shape index (κ2) is 5.93. The first kappa shape index (κ1) is 15.0. The van der Waals surface area contributed by atoms with Gasteiger partial charge in [0.2, 0.25) is 0 Å². The number of benzene rings is 2. The minimum Gasteiger partial charge on any atom is -0.496 e. The first-order chi connectivity index (χ1) is 9.95. The largest absolute Gasteiger partial charge is 0.496 e. The van der Waals surface area contributed by atoms with E-state index in [9.17, 15) is 10.1 Å². The number of non-ortho nitro benzene ring substituents is 1. The van der Waals surface area contributed by atoms with Crippen LogP contribution in [0.4, 0.5) is 5.69 Å². The first-order valence-electron chi connectivity index (χ1n) is 6.59. The molecule has 0 aliphatic carbocycles. The van der Waals surface area contributed by atoms with Crippen LogP contribution >= 0.6 is 0 Å². The van der Waals surface area contributed by atoms with Gasteiger partial charge in [-0.1, -0.05) is 18.2 Å². The highest BCUT2D eigenvalue weighted by atomic mass is 16.6. The monoisotopic (exact) mass is 286 g/mol. The minimum atomic E-state index is -0.472. The van der Waals surface area contributed by atoms with Crippen LogP contribution in [0.15, 0.2) is 36.4 Å². The number of rotatable bonds is 4. The number of nitrogens with two attached hydrogens (primary N) is 1. The molecule has 21 heavy (non-hydrogen) atoms. The van der Waals surface area contributed by atoms with Gasteiger partial charge < -0.3 is 10.5 Å². The number of para-hydroxylation sites is 1. The average molecular weight is 286 g/mol. The second-order valence-corrected chi connectivity index (χ2v) is 4.95. The summed E-state index contributed by atoms with van der Waals surface area (Å²) in [6, 6.07) is 10.1. The van der Waals surface area contributed by atoms with Crippen LogP contribution in [-0.2, 0) is 0 Å². The van der Waals surface area contributed by atoms with Crippen molar-refractivity contribution in [3.63, 3.8) is 0 Å². The highest BCUT2D eigenvalue weighted by Gasteiger charge is 2.20. The molecule has 0 saturated heterocycles. The van der Waals surface area contributed by atoms with Gasteiger partial charge in [0.25, 0.3) is 5.69 Å². The van der Waals surface area contributed by atoms with Gasteiger partial charge in [0.1, 0.15) is 5.75 Å². The summed E-state index contributed by atoms with van der Waals surface area (Å²) in [5.74, 6) is 0.675. The maximum Gasteiger partial charge on any atom is 0.270 e. The SMILES string of the molecule is COc1ccccc1C(N)c1cc([N+](=O)[O-])cc(C)c1C. The van der Waals surface area contributed by atoms with Crippen LogP contribution in [0.25, 0.3) is 0 Å². The van der Waals surface area contributed by atoms with Crippen molar-refractivity contribution >= 4 is 5.69 Å². The van der Waals surface area contributed by atoms with Crippen LogP contribution in [0.2, 0.25) is 0 Å². The van der Waals surface area contributed by atoms with Gasteiger partial charge in [0, 0.05) is 17.7 Å². The van der Waals surface area contributed by atoms with Crippen LogP contribution in [0.3, 0.4) is 0 Å². The molecule has 0 bridgehead atoms. The van der Waals surface area contributed by atoms with Gasteiger partial charge in [-0.05, 0) is 36.6 Å². The molecule has 0 aliphatic heterocycles. The van der Waals surface area contributed by atoms with Gasteiger partial charge in [-0.2, -0.15) is 0 Å². The molecule has 1 unspecified atom stereocenters. The number of ether oxygens (including phenoxy) is 1. The fourth-order valence-corrected chi connectivity index (χ4v) is 2.39. The number of nitro benzene ring substituents is 1. The fraction of sp³-hybridized carbons (Fsp3) is 0.250. The van der Waals surface area contributed by atoms with Gasteiger partial charge in [0.05, 0.1) is 18.1 Å². The molecule has 110 valence electrons. The third-order valence-electron chi connectivity index (χ3n) is 3.71. The molecule has 2 aromatic carbocycles. The summed E-state index contributed by atoms with van der Waals surface area (Å²) in [6.45, 7) is 3.77. The number of methoxy groups -OCH3 is 1. The maximum atomic E-state index is 11.0. The summed E-state index contributed by atoms with van der Waals surface area (Å²) >= 11 is 0. The lowest BCUT2D eigenvalue weighted by molar-refractivity contribution is -0.385. The van der Waals surface area contributed by atoms with E-state index in [1.807, 2.05) is 38.1 Å². The van der Waals surface area contributed by atoms with Crippen molar-refractivity contribution in [2.45, 2.75) is 19.9 Å². The molecule has 0 heterocycles. The van der Waals surface area contributed by atoms with Gasteiger partial charge in [-0.25, -0.2) is 0 Å². The van der Waals surface area contributed by atoms with Crippen molar-refractivity contribution < 1.29 is 9.66 Å². The Hall–Kier alpha value is -2.40. The quantitative estimate of drug-likeness (QED) is 0.691. The van der Waals surface area contributed by atoms with E-state index in [-0.39, 0.29) is 5.69 Å². The molecule has 2 N–H and O–H groups in total. The van der Waals surface area contributed by atoms with E-state index in [0.29, 0.717) is 5.75 Å². The Morgan fingerprint density at radius 2 is 1.86 bits per heavy atom. The summed E-state index contributed by atoms with van der Waals surface area (Å²) in [7, 11) is 1.58. The summed E-state index contributed by atoms with van der Waals surface area (Å²) in [4.78, 5) is 10.6. The number of hydrogen-bond donors (Lipinski definition) is 1. The summed E-state index contributed by atoms with van der Waals surface area (Å²) in [5, 5.41) is 11.0. The van der Waals surface area contributed by atoms with E-state index >= 15 is 0 Å². The number of nitrogens with zero attached hydrogens (tertiary/aromatic N) is 1. The predicted octanol–water partition coefficient (Wildman–Crippen LogP) is 3.27. The molecule has 0 radical (unpaired) electrons. The van der Waals surface area contributed by atoms with Crippen molar-refractivity contribution in [2.24, 2.45) is 5.73 Å². The molecular weight excluding hydrogens is 268 g/mol. The summed E-state index contributed by atoms with van der Waals surface area (Å²) in [5.41, 5.74) is 9.74. The van der Waals surface area contributed by atoms with Crippen LogP contribution in [0.1, 0.15) is 28.3 Å². The molecule has 0 aromatic heterocycles. The Morgan fingerprint density at radius 3 is 2.48 bits per heavy atom. The molecule has 0 fully saturated rings. The minimum absolute atomic E-state index is 0.0541. The lowest BCUT2D eigenvalue weighted by atomic mass is 9.92. The van der Waals surface area contributed by atoms with E-state index < -0.39 is 11.0 Å². The van der Waals surface area contributed by atoms with E-state index in [4.69, 9.17) is 10.5 Å². The molecular formula is C16H18N2O3. The molecule has 2 aromatic rings. The summed E-state index contributed by atoms with van der Waals surface area (Å²) < 4.78 is 5.32. The lowest BCUT2D eigenvalue weighted by Gasteiger charge is -2.19. The van der Waals surface area contributed by atoms with Crippen LogP contribution in [0.5, 0.6) is 5.75 Å². The zero-order valence-electron chi connectivity index (χ0n) is 12.3. The molecule has 0 saturated carbocycles. The zero-order valence-corrected chi connectivity index (χ0v) is 12.3. The van der Waals surface area contributed by atoms with Gasteiger partial charge >= 0.3 is 0 Å².